The van der Waals surface area contributed by atoms with Crippen LogP contribution in [-0.2, 0) is 15.6 Å². The van der Waals surface area contributed by atoms with Gasteiger partial charge in [-0.3, -0.25) is 9.13 Å². The van der Waals surface area contributed by atoms with E-state index in [4.69, 9.17) is 27.9 Å². The van der Waals surface area contributed by atoms with Crippen molar-refractivity contribution in [3.63, 3.8) is 0 Å². The molecule has 0 spiro atoms. The van der Waals surface area contributed by atoms with Gasteiger partial charge >= 0.3 is 20.3 Å². The maximum atomic E-state index is 12.1. The van der Waals surface area contributed by atoms with Gasteiger partial charge in [0, 0.05) is 16.5 Å². The Balaban J connectivity index is 2.62. The second-order valence-electron chi connectivity index (χ2n) is 5.16. The standard InChI is InChI=1S/C14H14Cl2O7P2/c15-11-7-6-10(13(16)8-11)9-14(24(17,18)19,25(20,21)22)23-12-4-2-1-3-5-12/h1-8H,9H2,(H2,17,18,19)(H2,20,21,22). The largest absolute Gasteiger partial charge is 0.462 e. The van der Waals surface area contributed by atoms with Gasteiger partial charge in [0.25, 0.3) is 0 Å². The molecule has 2 rings (SSSR count). The monoisotopic (exact) mass is 426 g/mol. The molecule has 0 atom stereocenters. The second kappa shape index (κ2) is 7.39. The molecular weight excluding hydrogens is 413 g/mol. The number of hydrogen-bond acceptors (Lipinski definition) is 3. The van der Waals surface area contributed by atoms with E-state index in [1.807, 2.05) is 0 Å². The van der Waals surface area contributed by atoms with Crippen molar-refractivity contribution in [3.05, 3.63) is 64.1 Å². The van der Waals surface area contributed by atoms with Crippen molar-refractivity contribution >= 4 is 38.4 Å². The van der Waals surface area contributed by atoms with E-state index in [2.05, 4.69) is 0 Å². The minimum atomic E-state index is -5.47. The summed E-state index contributed by atoms with van der Waals surface area (Å²) in [6.07, 6.45) is -0.827. The molecule has 0 radical (unpaired) electrons. The van der Waals surface area contributed by atoms with E-state index in [9.17, 15) is 28.7 Å². The van der Waals surface area contributed by atoms with Crippen LogP contribution in [0, 0.1) is 0 Å². The third-order valence-electron chi connectivity index (χ3n) is 3.37. The molecule has 4 N–H and O–H groups in total. The average Bonchev–Trinajstić information content (AvgIpc) is 2.47. The summed E-state index contributed by atoms with van der Waals surface area (Å²) < 4.78 is 29.4. The van der Waals surface area contributed by atoms with E-state index in [-0.39, 0.29) is 21.4 Å². The maximum absolute atomic E-state index is 12.1. The van der Waals surface area contributed by atoms with Gasteiger partial charge in [0.1, 0.15) is 5.75 Å². The summed E-state index contributed by atoms with van der Waals surface area (Å²) in [6.45, 7) is 0. The molecule has 0 saturated carbocycles. The third kappa shape index (κ3) is 4.45. The van der Waals surface area contributed by atoms with Gasteiger partial charge in [-0.15, -0.1) is 0 Å². The summed E-state index contributed by atoms with van der Waals surface area (Å²) in [5.41, 5.74) is 0.0636. The fourth-order valence-electron chi connectivity index (χ4n) is 2.12. The first-order valence-electron chi connectivity index (χ1n) is 6.75. The van der Waals surface area contributed by atoms with Gasteiger partial charge in [0.15, 0.2) is 0 Å². The van der Waals surface area contributed by atoms with Crippen molar-refractivity contribution in [3.8, 4) is 5.75 Å². The van der Waals surface area contributed by atoms with Crippen molar-refractivity contribution < 1.29 is 33.4 Å². The van der Waals surface area contributed by atoms with E-state index >= 15 is 0 Å². The van der Waals surface area contributed by atoms with Crippen LogP contribution in [0.15, 0.2) is 48.5 Å². The Kier molecular flexibility index (Phi) is 6.04. The van der Waals surface area contributed by atoms with Crippen LogP contribution in [0.3, 0.4) is 0 Å². The molecule has 136 valence electrons. The second-order valence-corrected chi connectivity index (χ2v) is 9.98. The van der Waals surface area contributed by atoms with E-state index in [1.165, 1.54) is 42.5 Å². The molecule has 0 bridgehead atoms. The molecule has 0 fully saturated rings. The zero-order chi connectivity index (χ0) is 18.9. The summed E-state index contributed by atoms with van der Waals surface area (Å²) >= 11 is 11.8. The van der Waals surface area contributed by atoms with Crippen molar-refractivity contribution in [2.75, 3.05) is 0 Å². The Labute approximate surface area is 153 Å². The van der Waals surface area contributed by atoms with E-state index in [0.717, 1.165) is 0 Å². The van der Waals surface area contributed by atoms with Crippen LogP contribution < -0.4 is 4.74 Å². The first kappa shape index (κ1) is 20.4. The SMILES string of the molecule is O=P(O)(O)C(Cc1ccc(Cl)cc1Cl)(Oc1ccccc1)P(=O)(O)O. The molecule has 0 heterocycles. The van der Waals surface area contributed by atoms with Gasteiger partial charge in [0.05, 0.1) is 0 Å². The lowest BCUT2D eigenvalue weighted by Gasteiger charge is -2.35. The van der Waals surface area contributed by atoms with Crippen LogP contribution in [-0.4, -0.2) is 24.7 Å². The number of halogens is 2. The van der Waals surface area contributed by atoms with Crippen molar-refractivity contribution in [1.29, 1.82) is 0 Å². The molecule has 0 aliphatic heterocycles. The zero-order valence-corrected chi connectivity index (χ0v) is 15.8. The molecule has 0 aliphatic carbocycles. The number of hydrogen-bond donors (Lipinski definition) is 4. The lowest BCUT2D eigenvalue weighted by Crippen LogP contribution is -2.38. The van der Waals surface area contributed by atoms with Crippen molar-refractivity contribution in [2.45, 2.75) is 11.5 Å². The normalized spacial score (nSPS) is 12.9. The van der Waals surface area contributed by atoms with Gasteiger partial charge in [-0.2, -0.15) is 0 Å². The summed E-state index contributed by atoms with van der Waals surface area (Å²) in [6, 6.07) is 11.2. The first-order chi connectivity index (χ1) is 11.5. The molecule has 2 aromatic rings. The molecular formula is C14H14Cl2O7P2. The quantitative estimate of drug-likeness (QED) is 0.519. The first-order valence-corrected chi connectivity index (χ1v) is 10.7. The molecule has 0 saturated heterocycles. The molecule has 0 aliphatic rings. The fourth-order valence-corrected chi connectivity index (χ4v) is 5.16. The van der Waals surface area contributed by atoms with E-state index < -0.39 is 26.7 Å². The van der Waals surface area contributed by atoms with Crippen LogP contribution in [0.2, 0.25) is 10.0 Å². The minimum Gasteiger partial charge on any atom is -0.462 e. The third-order valence-corrected chi connectivity index (χ3v) is 7.84. The zero-order valence-electron chi connectivity index (χ0n) is 12.5. The number of rotatable bonds is 6. The highest BCUT2D eigenvalue weighted by Gasteiger charge is 2.63. The lowest BCUT2D eigenvalue weighted by atomic mass is 10.1. The Morgan fingerprint density at radius 3 is 1.96 bits per heavy atom. The summed E-state index contributed by atoms with van der Waals surface area (Å²) in [5.74, 6) is -0.112. The minimum absolute atomic E-state index is 0.00423. The van der Waals surface area contributed by atoms with Crippen molar-refractivity contribution in [1.82, 2.24) is 0 Å². The molecule has 0 unspecified atom stereocenters. The highest BCUT2D eigenvalue weighted by Crippen LogP contribution is 2.70. The predicted molar refractivity (Wildman–Crippen MR) is 94.1 cm³/mol. The average molecular weight is 427 g/mol. The highest BCUT2D eigenvalue weighted by atomic mass is 35.5. The van der Waals surface area contributed by atoms with Gasteiger partial charge in [-0.25, -0.2) is 0 Å². The number of benzene rings is 2. The molecule has 2 aromatic carbocycles. The Morgan fingerprint density at radius 2 is 1.48 bits per heavy atom. The van der Waals surface area contributed by atoms with E-state index in [1.54, 1.807) is 6.07 Å². The maximum Gasteiger partial charge on any atom is 0.381 e. The van der Waals surface area contributed by atoms with Crippen molar-refractivity contribution in [2.24, 2.45) is 0 Å². The van der Waals surface area contributed by atoms with Crippen LogP contribution in [0.25, 0.3) is 0 Å². The molecule has 7 nitrogen and oxygen atoms in total. The molecule has 11 heteroatoms. The van der Waals surface area contributed by atoms with E-state index in [0.29, 0.717) is 0 Å². The summed E-state index contributed by atoms with van der Waals surface area (Å²) in [4.78, 5) is 39.0. The van der Waals surface area contributed by atoms with Crippen LogP contribution in [0.5, 0.6) is 5.75 Å². The predicted octanol–water partition coefficient (Wildman–Crippen LogP) is 3.62. The summed E-state index contributed by atoms with van der Waals surface area (Å²) in [7, 11) is -10.9. The van der Waals surface area contributed by atoms with Crippen LogP contribution in [0.4, 0.5) is 0 Å². The van der Waals surface area contributed by atoms with Gasteiger partial charge in [-0.05, 0) is 29.8 Å². The number of ether oxygens (including phenoxy) is 1. The summed E-state index contributed by atoms with van der Waals surface area (Å²) in [5, 5.41) is -2.87. The fraction of sp³-hybridized carbons (Fsp3) is 0.143. The van der Waals surface area contributed by atoms with Gasteiger partial charge < -0.3 is 24.3 Å². The Morgan fingerprint density at radius 1 is 0.920 bits per heavy atom. The van der Waals surface area contributed by atoms with Crippen LogP contribution >= 0.6 is 38.4 Å². The van der Waals surface area contributed by atoms with Crippen LogP contribution in [0.1, 0.15) is 5.56 Å². The van der Waals surface area contributed by atoms with Gasteiger partial charge in [-0.1, -0.05) is 47.5 Å². The Hall–Kier alpha value is -0.880. The Bertz CT molecular complexity index is 826. The smallest absolute Gasteiger partial charge is 0.381 e. The topological polar surface area (TPSA) is 124 Å². The van der Waals surface area contributed by atoms with Gasteiger partial charge in [0.2, 0.25) is 0 Å². The molecule has 0 aromatic heterocycles. The highest BCUT2D eigenvalue weighted by molar-refractivity contribution is 7.72. The number of para-hydroxylation sites is 1. The lowest BCUT2D eigenvalue weighted by molar-refractivity contribution is 0.152. The molecule has 25 heavy (non-hydrogen) atoms. The molecule has 0 amide bonds.